The molecule has 2 aromatic rings. The maximum absolute atomic E-state index is 13.1. The number of hydrogen-bond acceptors (Lipinski definition) is 6. The highest BCUT2D eigenvalue weighted by atomic mass is 16.5. The summed E-state index contributed by atoms with van der Waals surface area (Å²) in [6.45, 7) is 7.05. The van der Waals surface area contributed by atoms with Crippen molar-refractivity contribution in [2.45, 2.75) is 26.7 Å². The van der Waals surface area contributed by atoms with Crippen molar-refractivity contribution in [3.8, 4) is 5.75 Å². The SMILES string of the molecule is Cc1noc(C)c1C(=O)N1CC(COc2ccncc2)C2(CCOCC2)C1. The Morgan fingerprint density at radius 1 is 1.30 bits per heavy atom. The molecule has 4 heterocycles. The molecule has 0 saturated carbocycles. The number of carbonyl (C=O) groups is 1. The molecule has 0 aliphatic carbocycles. The van der Waals surface area contributed by atoms with Gasteiger partial charge in [-0.2, -0.15) is 0 Å². The molecule has 2 aliphatic rings. The Balaban J connectivity index is 1.53. The van der Waals surface area contributed by atoms with Crippen molar-refractivity contribution in [1.29, 1.82) is 0 Å². The molecular weight excluding hydrogens is 346 g/mol. The summed E-state index contributed by atoms with van der Waals surface area (Å²) in [5.41, 5.74) is 1.28. The van der Waals surface area contributed by atoms with E-state index in [4.69, 9.17) is 14.0 Å². The summed E-state index contributed by atoms with van der Waals surface area (Å²) in [5.74, 6) is 1.65. The highest BCUT2D eigenvalue weighted by Crippen LogP contribution is 2.45. The van der Waals surface area contributed by atoms with Crippen molar-refractivity contribution in [2.24, 2.45) is 11.3 Å². The largest absolute Gasteiger partial charge is 0.493 e. The third-order valence-electron chi connectivity index (χ3n) is 5.94. The van der Waals surface area contributed by atoms with Gasteiger partial charge in [-0.1, -0.05) is 5.16 Å². The molecule has 1 spiro atoms. The first-order valence-electron chi connectivity index (χ1n) is 9.42. The molecule has 0 radical (unpaired) electrons. The van der Waals surface area contributed by atoms with E-state index in [0.717, 1.165) is 38.3 Å². The van der Waals surface area contributed by atoms with Crippen LogP contribution in [0.4, 0.5) is 0 Å². The highest BCUT2D eigenvalue weighted by Gasteiger charge is 2.49. The number of rotatable bonds is 4. The molecule has 7 heteroatoms. The molecular formula is C20H25N3O4. The maximum atomic E-state index is 13.1. The first kappa shape index (κ1) is 18.0. The molecule has 1 atom stereocenters. The van der Waals surface area contributed by atoms with E-state index in [1.807, 2.05) is 24.0 Å². The zero-order valence-electron chi connectivity index (χ0n) is 15.8. The van der Waals surface area contributed by atoms with Gasteiger partial charge in [-0.05, 0) is 38.8 Å². The normalized spacial score (nSPS) is 21.6. The van der Waals surface area contributed by atoms with Gasteiger partial charge in [-0.3, -0.25) is 9.78 Å². The summed E-state index contributed by atoms with van der Waals surface area (Å²) in [6.07, 6.45) is 5.34. The van der Waals surface area contributed by atoms with E-state index in [1.165, 1.54) is 0 Å². The lowest BCUT2D eigenvalue weighted by atomic mass is 9.72. The van der Waals surface area contributed by atoms with E-state index < -0.39 is 0 Å². The van der Waals surface area contributed by atoms with Gasteiger partial charge >= 0.3 is 0 Å². The lowest BCUT2D eigenvalue weighted by Gasteiger charge is -2.37. The summed E-state index contributed by atoms with van der Waals surface area (Å²) < 4.78 is 16.8. The van der Waals surface area contributed by atoms with Crippen molar-refractivity contribution in [2.75, 3.05) is 32.9 Å². The van der Waals surface area contributed by atoms with Crippen LogP contribution in [-0.2, 0) is 4.74 Å². The van der Waals surface area contributed by atoms with Crippen molar-refractivity contribution in [1.82, 2.24) is 15.0 Å². The predicted molar refractivity (Wildman–Crippen MR) is 97.6 cm³/mol. The van der Waals surface area contributed by atoms with Crippen molar-refractivity contribution < 1.29 is 18.8 Å². The number of carbonyl (C=O) groups excluding carboxylic acids is 1. The quantitative estimate of drug-likeness (QED) is 0.822. The van der Waals surface area contributed by atoms with Gasteiger partial charge in [0.25, 0.3) is 5.91 Å². The van der Waals surface area contributed by atoms with E-state index in [1.54, 1.807) is 19.3 Å². The third-order valence-corrected chi connectivity index (χ3v) is 5.94. The van der Waals surface area contributed by atoms with Crippen LogP contribution in [0.2, 0.25) is 0 Å². The molecule has 1 unspecified atom stereocenters. The fraction of sp³-hybridized carbons (Fsp3) is 0.550. The molecule has 0 N–H and O–H groups in total. The van der Waals surface area contributed by atoms with E-state index in [0.29, 0.717) is 30.2 Å². The van der Waals surface area contributed by atoms with Gasteiger partial charge in [0.05, 0.1) is 12.3 Å². The molecule has 2 fully saturated rings. The number of hydrogen-bond donors (Lipinski definition) is 0. The minimum atomic E-state index is 0.00327. The molecule has 0 aromatic carbocycles. The van der Waals surface area contributed by atoms with E-state index in [-0.39, 0.29) is 17.2 Å². The number of ether oxygens (including phenoxy) is 2. The Hall–Kier alpha value is -2.41. The Kier molecular flexibility index (Phi) is 4.86. The molecule has 2 aromatic heterocycles. The number of nitrogens with zero attached hydrogens (tertiary/aromatic N) is 3. The summed E-state index contributed by atoms with van der Waals surface area (Å²) in [6, 6.07) is 3.72. The third kappa shape index (κ3) is 3.43. The average Bonchev–Trinajstić information content (AvgIpc) is 3.21. The fourth-order valence-corrected chi connectivity index (χ4v) is 4.34. The van der Waals surface area contributed by atoms with E-state index >= 15 is 0 Å². The van der Waals surface area contributed by atoms with Gasteiger partial charge in [-0.15, -0.1) is 0 Å². The standard InChI is InChI=1S/C20H25N3O4/c1-14-18(15(2)27-22-14)19(24)23-11-16(12-26-17-3-7-21-8-4-17)20(13-23)5-9-25-10-6-20/h3-4,7-8,16H,5-6,9-13H2,1-2H3. The second-order valence-electron chi connectivity index (χ2n) is 7.55. The topological polar surface area (TPSA) is 77.7 Å². The van der Waals surface area contributed by atoms with Crippen LogP contribution in [0.15, 0.2) is 29.0 Å². The molecule has 144 valence electrons. The lowest BCUT2D eigenvalue weighted by Crippen LogP contribution is -2.39. The van der Waals surface area contributed by atoms with Gasteiger partial charge in [0.15, 0.2) is 0 Å². The summed E-state index contributed by atoms with van der Waals surface area (Å²) in [4.78, 5) is 19.1. The van der Waals surface area contributed by atoms with Gasteiger partial charge < -0.3 is 18.9 Å². The Morgan fingerprint density at radius 2 is 2.04 bits per heavy atom. The molecule has 2 saturated heterocycles. The monoisotopic (exact) mass is 371 g/mol. The summed E-state index contributed by atoms with van der Waals surface area (Å²) >= 11 is 0. The van der Waals surface area contributed by atoms with Crippen LogP contribution in [-0.4, -0.2) is 53.9 Å². The van der Waals surface area contributed by atoms with Crippen LogP contribution in [0, 0.1) is 25.2 Å². The number of likely N-dealkylation sites (tertiary alicyclic amines) is 1. The Morgan fingerprint density at radius 3 is 2.70 bits per heavy atom. The molecule has 1 amide bonds. The number of aryl methyl sites for hydroxylation is 2. The van der Waals surface area contributed by atoms with Crippen LogP contribution in [0.25, 0.3) is 0 Å². The van der Waals surface area contributed by atoms with Gasteiger partial charge in [0, 0.05) is 50.0 Å². The smallest absolute Gasteiger partial charge is 0.259 e. The van der Waals surface area contributed by atoms with Crippen molar-refractivity contribution in [3.63, 3.8) is 0 Å². The summed E-state index contributed by atoms with van der Waals surface area (Å²) in [5, 5.41) is 3.93. The lowest BCUT2D eigenvalue weighted by molar-refractivity contribution is -0.00909. The second-order valence-corrected chi connectivity index (χ2v) is 7.55. The number of amides is 1. The average molecular weight is 371 g/mol. The first-order chi connectivity index (χ1) is 13.1. The number of aromatic nitrogens is 2. The predicted octanol–water partition coefficient (Wildman–Crippen LogP) is 2.63. The second kappa shape index (κ2) is 7.31. The van der Waals surface area contributed by atoms with Crippen molar-refractivity contribution in [3.05, 3.63) is 41.5 Å². The van der Waals surface area contributed by atoms with Gasteiger partial charge in [0.1, 0.15) is 17.1 Å². The Labute approximate surface area is 158 Å². The van der Waals surface area contributed by atoms with Crippen LogP contribution < -0.4 is 4.74 Å². The van der Waals surface area contributed by atoms with E-state index in [2.05, 4.69) is 10.1 Å². The molecule has 27 heavy (non-hydrogen) atoms. The molecule has 2 aliphatic heterocycles. The highest BCUT2D eigenvalue weighted by molar-refractivity contribution is 5.96. The molecule has 0 bridgehead atoms. The van der Waals surface area contributed by atoms with Crippen LogP contribution in [0.5, 0.6) is 5.75 Å². The van der Waals surface area contributed by atoms with E-state index in [9.17, 15) is 4.79 Å². The zero-order chi connectivity index (χ0) is 18.9. The Bertz CT molecular complexity index is 779. The maximum Gasteiger partial charge on any atom is 0.259 e. The van der Waals surface area contributed by atoms with Crippen molar-refractivity contribution >= 4 is 5.91 Å². The minimum absolute atomic E-state index is 0.00327. The zero-order valence-corrected chi connectivity index (χ0v) is 15.8. The minimum Gasteiger partial charge on any atom is -0.493 e. The van der Waals surface area contributed by atoms with Crippen LogP contribution in [0.1, 0.15) is 34.7 Å². The van der Waals surface area contributed by atoms with Gasteiger partial charge in [0.2, 0.25) is 0 Å². The van der Waals surface area contributed by atoms with Gasteiger partial charge in [-0.25, -0.2) is 0 Å². The first-order valence-corrected chi connectivity index (χ1v) is 9.42. The molecule has 4 rings (SSSR count). The van der Waals surface area contributed by atoms with Crippen LogP contribution in [0.3, 0.4) is 0 Å². The summed E-state index contributed by atoms with van der Waals surface area (Å²) in [7, 11) is 0. The fourth-order valence-electron chi connectivity index (χ4n) is 4.34. The molecule has 7 nitrogen and oxygen atoms in total. The van der Waals surface area contributed by atoms with Crippen LogP contribution >= 0.6 is 0 Å². The number of pyridine rings is 1.